The maximum atomic E-state index is 10.2. The molecule has 0 saturated heterocycles. The van der Waals surface area contributed by atoms with Crippen LogP contribution in [0.2, 0.25) is 0 Å². The number of nitrogens with two attached hydrogens (primary N) is 1. The van der Waals surface area contributed by atoms with Gasteiger partial charge in [-0.05, 0) is 42.4 Å². The first kappa shape index (κ1) is 16.9. The Bertz CT molecular complexity index is 302. The second kappa shape index (κ2) is 7.61. The van der Waals surface area contributed by atoms with Gasteiger partial charge in [-0.3, -0.25) is 0 Å². The third-order valence-electron chi connectivity index (χ3n) is 3.60. The minimum Gasteiger partial charge on any atom is -0.337 e. The number of rotatable bonds is 6. The van der Waals surface area contributed by atoms with Crippen LogP contribution in [-0.2, 0) is 16.3 Å². The van der Waals surface area contributed by atoms with Crippen molar-refractivity contribution in [2.45, 2.75) is 45.3 Å². The summed E-state index contributed by atoms with van der Waals surface area (Å²) in [5.41, 5.74) is 2.68. The van der Waals surface area contributed by atoms with Crippen molar-refractivity contribution in [3.8, 4) is 0 Å². The molecule has 0 radical (unpaired) electrons. The van der Waals surface area contributed by atoms with Gasteiger partial charge in [0.25, 0.3) is 0 Å². The molecule has 4 unspecified atom stereocenters. The first-order valence-corrected chi connectivity index (χ1v) is 10.9. The highest BCUT2D eigenvalue weighted by Gasteiger charge is 2.34. The lowest BCUT2D eigenvalue weighted by molar-refractivity contribution is 0.244. The summed E-state index contributed by atoms with van der Waals surface area (Å²) in [6.45, 7) is 7.57. The first-order chi connectivity index (χ1) is 8.35. The Morgan fingerprint density at radius 1 is 1.50 bits per heavy atom. The van der Waals surface area contributed by atoms with Gasteiger partial charge >= 0.3 is 0 Å². The van der Waals surface area contributed by atoms with Gasteiger partial charge in [0, 0.05) is 11.8 Å². The van der Waals surface area contributed by atoms with E-state index in [4.69, 9.17) is 22.1 Å². The zero-order valence-electron chi connectivity index (χ0n) is 11.5. The zero-order chi connectivity index (χ0) is 13.8. The average Bonchev–Trinajstić information content (AvgIpc) is 2.25. The molecule has 1 saturated carbocycles. The fraction of sp³-hybridized carbons (Fsp3) is 1.00. The normalized spacial score (nSPS) is 32.4. The first-order valence-electron chi connectivity index (χ1n) is 6.71. The lowest BCUT2D eigenvalue weighted by atomic mass is 9.77. The standard InChI is InChI=1S/C12H26NO2PS2/c1-9(2)11-5-4-10(3)8-12(11)18-16(14,17)15-7-6-13/h9-12H,4-8,13H2,1-3H3,(H,14,17). The van der Waals surface area contributed by atoms with E-state index in [1.165, 1.54) is 24.2 Å². The summed E-state index contributed by atoms with van der Waals surface area (Å²) in [5, 5.41) is 0.433. The lowest BCUT2D eigenvalue weighted by Gasteiger charge is -2.38. The Hall–Kier alpha value is 0.880. The van der Waals surface area contributed by atoms with Crippen LogP contribution < -0.4 is 5.73 Å². The van der Waals surface area contributed by atoms with Crippen molar-refractivity contribution in [3.05, 3.63) is 0 Å². The Labute approximate surface area is 120 Å². The van der Waals surface area contributed by atoms with Crippen LogP contribution in [0.1, 0.15) is 40.0 Å². The third kappa shape index (κ3) is 5.48. The number of hydrogen-bond donors (Lipinski definition) is 2. The molecule has 6 heteroatoms. The molecule has 0 aromatic heterocycles. The second-order valence-corrected chi connectivity index (χ2v) is 11.9. The predicted octanol–water partition coefficient (Wildman–Crippen LogP) is 3.37. The van der Waals surface area contributed by atoms with Crippen molar-refractivity contribution in [2.75, 3.05) is 13.2 Å². The molecule has 0 bridgehead atoms. The van der Waals surface area contributed by atoms with Crippen molar-refractivity contribution in [2.24, 2.45) is 23.5 Å². The molecule has 0 amide bonds. The van der Waals surface area contributed by atoms with E-state index in [0.717, 1.165) is 12.3 Å². The van der Waals surface area contributed by atoms with Crippen LogP contribution >= 0.6 is 17.1 Å². The average molecular weight is 311 g/mol. The summed E-state index contributed by atoms with van der Waals surface area (Å²) in [6.07, 6.45) is 3.67. The quantitative estimate of drug-likeness (QED) is 0.737. The second-order valence-electron chi connectivity index (χ2n) is 5.56. The van der Waals surface area contributed by atoms with Crippen LogP contribution in [0.5, 0.6) is 0 Å². The maximum absolute atomic E-state index is 10.2. The summed E-state index contributed by atoms with van der Waals surface area (Å²) in [5.74, 6) is 2.00. The Morgan fingerprint density at radius 3 is 2.72 bits per heavy atom. The van der Waals surface area contributed by atoms with Crippen LogP contribution in [0.3, 0.4) is 0 Å². The Morgan fingerprint density at radius 2 is 2.17 bits per heavy atom. The third-order valence-corrected chi connectivity index (χ3v) is 8.21. The largest absolute Gasteiger partial charge is 0.337 e. The minimum atomic E-state index is -2.71. The van der Waals surface area contributed by atoms with E-state index in [2.05, 4.69) is 20.8 Å². The van der Waals surface area contributed by atoms with Crippen LogP contribution in [0, 0.1) is 17.8 Å². The van der Waals surface area contributed by atoms with E-state index in [0.29, 0.717) is 30.2 Å². The molecule has 1 fully saturated rings. The van der Waals surface area contributed by atoms with E-state index < -0.39 is 5.69 Å². The van der Waals surface area contributed by atoms with E-state index in [9.17, 15) is 4.89 Å². The molecule has 1 aliphatic carbocycles. The van der Waals surface area contributed by atoms with Gasteiger partial charge in [0.2, 0.25) is 5.69 Å². The molecule has 3 N–H and O–H groups in total. The topological polar surface area (TPSA) is 55.5 Å². The van der Waals surface area contributed by atoms with Gasteiger partial charge in [-0.2, -0.15) is 0 Å². The molecule has 18 heavy (non-hydrogen) atoms. The van der Waals surface area contributed by atoms with Gasteiger partial charge in [-0.15, -0.1) is 0 Å². The fourth-order valence-electron chi connectivity index (χ4n) is 2.61. The summed E-state index contributed by atoms with van der Waals surface area (Å²) < 4.78 is 5.36. The monoisotopic (exact) mass is 311 g/mol. The zero-order valence-corrected chi connectivity index (χ0v) is 14.1. The highest BCUT2D eigenvalue weighted by Crippen LogP contribution is 2.61. The molecule has 1 rings (SSSR count). The number of hydrogen-bond acceptors (Lipinski definition) is 4. The molecule has 108 valence electrons. The molecule has 0 aromatic carbocycles. The van der Waals surface area contributed by atoms with Crippen molar-refractivity contribution in [1.82, 2.24) is 0 Å². The van der Waals surface area contributed by atoms with E-state index in [1.54, 1.807) is 0 Å². The smallest absolute Gasteiger partial charge is 0.245 e. The molecule has 4 atom stereocenters. The van der Waals surface area contributed by atoms with Gasteiger partial charge in [0.15, 0.2) is 0 Å². The molecule has 3 nitrogen and oxygen atoms in total. The highest BCUT2D eigenvalue weighted by molar-refractivity contribution is 8.67. The molecular weight excluding hydrogens is 285 g/mol. The van der Waals surface area contributed by atoms with E-state index in [1.807, 2.05) is 0 Å². The SMILES string of the molecule is CC1CCC(C(C)C)C(SP(O)(=S)OCCN)C1. The van der Waals surface area contributed by atoms with Crippen LogP contribution in [0.4, 0.5) is 0 Å². The predicted molar refractivity (Wildman–Crippen MR) is 84.2 cm³/mol. The summed E-state index contributed by atoms with van der Waals surface area (Å²) in [7, 11) is 0. The van der Waals surface area contributed by atoms with Gasteiger partial charge < -0.3 is 15.2 Å². The van der Waals surface area contributed by atoms with Crippen molar-refractivity contribution >= 4 is 28.9 Å². The van der Waals surface area contributed by atoms with Gasteiger partial charge in [0.1, 0.15) is 0 Å². The fourth-order valence-corrected chi connectivity index (χ4v) is 7.74. The van der Waals surface area contributed by atoms with Gasteiger partial charge in [0.05, 0.1) is 6.61 Å². The Kier molecular flexibility index (Phi) is 7.16. The molecule has 0 aromatic rings. The van der Waals surface area contributed by atoms with Gasteiger partial charge in [-0.25, -0.2) is 0 Å². The van der Waals surface area contributed by atoms with E-state index >= 15 is 0 Å². The van der Waals surface area contributed by atoms with Crippen molar-refractivity contribution < 1.29 is 9.42 Å². The van der Waals surface area contributed by atoms with Crippen molar-refractivity contribution in [3.63, 3.8) is 0 Å². The summed E-state index contributed by atoms with van der Waals surface area (Å²) >= 11 is 6.73. The van der Waals surface area contributed by atoms with Crippen molar-refractivity contribution in [1.29, 1.82) is 0 Å². The minimum absolute atomic E-state index is 0.357. The molecule has 1 aliphatic rings. The summed E-state index contributed by atoms with van der Waals surface area (Å²) in [6, 6.07) is 0. The van der Waals surface area contributed by atoms with Crippen LogP contribution in [0.15, 0.2) is 0 Å². The molecular formula is C12H26NO2PS2. The van der Waals surface area contributed by atoms with Crippen LogP contribution in [0.25, 0.3) is 0 Å². The maximum Gasteiger partial charge on any atom is 0.245 e. The highest BCUT2D eigenvalue weighted by atomic mass is 32.9. The molecule has 0 aliphatic heterocycles. The van der Waals surface area contributed by atoms with E-state index in [-0.39, 0.29) is 0 Å². The summed E-state index contributed by atoms with van der Waals surface area (Å²) in [4.78, 5) is 10.2. The molecule has 0 heterocycles. The van der Waals surface area contributed by atoms with Crippen LogP contribution in [-0.4, -0.2) is 23.3 Å². The Balaban J connectivity index is 2.62. The lowest BCUT2D eigenvalue weighted by Crippen LogP contribution is -2.29. The van der Waals surface area contributed by atoms with Gasteiger partial charge in [-0.1, -0.05) is 38.6 Å². The molecule has 0 spiro atoms.